The summed E-state index contributed by atoms with van der Waals surface area (Å²) in [5.74, 6) is 0.151. The van der Waals surface area contributed by atoms with Crippen LogP contribution in [0, 0.1) is 0 Å². The third-order valence-corrected chi connectivity index (χ3v) is 4.22. The van der Waals surface area contributed by atoms with Crippen molar-refractivity contribution in [3.8, 4) is 11.1 Å². The van der Waals surface area contributed by atoms with Crippen molar-refractivity contribution in [1.82, 2.24) is 0 Å². The number of benzene rings is 2. The molecule has 1 fully saturated rings. The van der Waals surface area contributed by atoms with Crippen LogP contribution in [0.5, 0.6) is 0 Å². The van der Waals surface area contributed by atoms with Crippen molar-refractivity contribution in [3.63, 3.8) is 0 Å². The lowest BCUT2D eigenvalue weighted by Crippen LogP contribution is -2.15. The highest BCUT2D eigenvalue weighted by Crippen LogP contribution is 2.41. The SMILES string of the molecule is NC(=O)c1cccc(-c2ccccc2)c1C1CCCC1. The topological polar surface area (TPSA) is 43.1 Å². The van der Waals surface area contributed by atoms with Crippen LogP contribution in [0.3, 0.4) is 0 Å². The molecule has 1 aliphatic rings. The Kier molecular flexibility index (Phi) is 3.55. The van der Waals surface area contributed by atoms with E-state index in [1.807, 2.05) is 30.3 Å². The molecule has 1 aliphatic carbocycles. The third kappa shape index (κ3) is 2.34. The minimum absolute atomic E-state index is 0.315. The van der Waals surface area contributed by atoms with Crippen LogP contribution in [-0.4, -0.2) is 5.91 Å². The molecule has 0 atom stereocenters. The van der Waals surface area contributed by atoms with Gasteiger partial charge in [0.25, 0.3) is 0 Å². The maximum absolute atomic E-state index is 11.8. The standard InChI is InChI=1S/C18H19NO/c19-18(20)16-12-6-11-15(13-7-2-1-3-8-13)17(16)14-9-4-5-10-14/h1-3,6-8,11-12,14H,4-5,9-10H2,(H2,19,20). The highest BCUT2D eigenvalue weighted by molar-refractivity contribution is 5.96. The maximum atomic E-state index is 11.8. The van der Waals surface area contributed by atoms with Crippen LogP contribution in [0.1, 0.15) is 47.5 Å². The summed E-state index contributed by atoms with van der Waals surface area (Å²) in [5.41, 5.74) is 9.76. The smallest absolute Gasteiger partial charge is 0.249 e. The molecule has 1 amide bonds. The molecule has 0 aromatic heterocycles. The van der Waals surface area contributed by atoms with Gasteiger partial charge in [-0.15, -0.1) is 0 Å². The summed E-state index contributed by atoms with van der Waals surface area (Å²) in [6.45, 7) is 0. The Bertz CT molecular complexity index is 613. The Morgan fingerprint density at radius 3 is 2.30 bits per heavy atom. The van der Waals surface area contributed by atoms with E-state index in [0.717, 1.165) is 29.5 Å². The Labute approximate surface area is 119 Å². The number of primary amides is 1. The van der Waals surface area contributed by atoms with Gasteiger partial charge in [0.15, 0.2) is 0 Å². The first kappa shape index (κ1) is 12.9. The molecule has 0 radical (unpaired) electrons. The molecular formula is C18H19NO. The normalized spacial score (nSPS) is 15.4. The van der Waals surface area contributed by atoms with Crippen molar-refractivity contribution in [2.45, 2.75) is 31.6 Å². The van der Waals surface area contributed by atoms with Crippen molar-refractivity contribution in [1.29, 1.82) is 0 Å². The highest BCUT2D eigenvalue weighted by atomic mass is 16.1. The zero-order valence-corrected chi connectivity index (χ0v) is 11.5. The monoisotopic (exact) mass is 265 g/mol. The van der Waals surface area contributed by atoms with Crippen LogP contribution in [-0.2, 0) is 0 Å². The molecule has 0 saturated heterocycles. The second kappa shape index (κ2) is 5.49. The summed E-state index contributed by atoms with van der Waals surface area (Å²) in [5, 5.41) is 0. The van der Waals surface area contributed by atoms with Crippen LogP contribution < -0.4 is 5.73 Å². The first-order chi connectivity index (χ1) is 9.77. The minimum atomic E-state index is -0.315. The molecule has 2 N–H and O–H groups in total. The fraction of sp³-hybridized carbons (Fsp3) is 0.278. The predicted octanol–water partition coefficient (Wildman–Crippen LogP) is 4.11. The van der Waals surface area contributed by atoms with Crippen LogP contribution in [0.15, 0.2) is 48.5 Å². The van der Waals surface area contributed by atoms with Crippen molar-refractivity contribution < 1.29 is 4.79 Å². The number of carbonyl (C=O) groups excluding carboxylic acids is 1. The van der Waals surface area contributed by atoms with E-state index < -0.39 is 0 Å². The molecule has 2 nitrogen and oxygen atoms in total. The summed E-state index contributed by atoms with van der Waals surface area (Å²) < 4.78 is 0. The van der Waals surface area contributed by atoms with E-state index in [9.17, 15) is 4.79 Å². The van der Waals surface area contributed by atoms with E-state index in [-0.39, 0.29) is 5.91 Å². The molecule has 0 spiro atoms. The lowest BCUT2D eigenvalue weighted by Gasteiger charge is -2.19. The summed E-state index contributed by atoms with van der Waals surface area (Å²) in [4.78, 5) is 11.8. The Morgan fingerprint density at radius 1 is 0.950 bits per heavy atom. The molecule has 1 saturated carbocycles. The van der Waals surface area contributed by atoms with E-state index >= 15 is 0 Å². The van der Waals surface area contributed by atoms with Crippen molar-refractivity contribution in [2.24, 2.45) is 5.73 Å². The number of carbonyl (C=O) groups is 1. The fourth-order valence-corrected chi connectivity index (χ4v) is 3.30. The van der Waals surface area contributed by atoms with Crippen LogP contribution in [0.4, 0.5) is 0 Å². The van der Waals surface area contributed by atoms with Crippen molar-refractivity contribution in [2.75, 3.05) is 0 Å². The third-order valence-electron chi connectivity index (χ3n) is 4.22. The van der Waals surface area contributed by atoms with Gasteiger partial charge in [-0.2, -0.15) is 0 Å². The molecule has 2 aromatic carbocycles. The van der Waals surface area contributed by atoms with Gasteiger partial charge in [0, 0.05) is 5.56 Å². The van der Waals surface area contributed by atoms with Gasteiger partial charge in [0.05, 0.1) is 0 Å². The summed E-state index contributed by atoms with van der Waals surface area (Å²) in [6.07, 6.45) is 4.80. The van der Waals surface area contributed by atoms with Gasteiger partial charge >= 0.3 is 0 Å². The zero-order chi connectivity index (χ0) is 13.9. The highest BCUT2D eigenvalue weighted by Gasteiger charge is 2.24. The van der Waals surface area contributed by atoms with Gasteiger partial charge in [-0.05, 0) is 41.5 Å². The number of hydrogen-bond acceptors (Lipinski definition) is 1. The second-order valence-electron chi connectivity index (χ2n) is 5.48. The molecule has 0 aliphatic heterocycles. The summed E-state index contributed by atoms with van der Waals surface area (Å²) >= 11 is 0. The predicted molar refractivity (Wildman–Crippen MR) is 81.6 cm³/mol. The molecular weight excluding hydrogens is 246 g/mol. The molecule has 20 heavy (non-hydrogen) atoms. The Hall–Kier alpha value is -2.09. The molecule has 0 bridgehead atoms. The maximum Gasteiger partial charge on any atom is 0.249 e. The average Bonchev–Trinajstić information content (AvgIpc) is 3.01. The number of amides is 1. The van der Waals surface area contributed by atoms with Gasteiger partial charge in [0.2, 0.25) is 5.91 Å². The van der Waals surface area contributed by atoms with Crippen LogP contribution in [0.2, 0.25) is 0 Å². The molecule has 102 valence electrons. The first-order valence-corrected chi connectivity index (χ1v) is 7.25. The fourth-order valence-electron chi connectivity index (χ4n) is 3.30. The van der Waals surface area contributed by atoms with E-state index in [0.29, 0.717) is 11.5 Å². The van der Waals surface area contributed by atoms with Gasteiger partial charge in [-0.1, -0.05) is 55.3 Å². The molecule has 2 aromatic rings. The molecule has 0 heterocycles. The summed E-state index contributed by atoms with van der Waals surface area (Å²) in [7, 11) is 0. The van der Waals surface area contributed by atoms with Crippen LogP contribution >= 0.6 is 0 Å². The van der Waals surface area contributed by atoms with Gasteiger partial charge < -0.3 is 5.73 Å². The van der Waals surface area contributed by atoms with E-state index in [2.05, 4.69) is 18.2 Å². The zero-order valence-electron chi connectivity index (χ0n) is 11.5. The van der Waals surface area contributed by atoms with Crippen molar-refractivity contribution >= 4 is 5.91 Å². The lowest BCUT2D eigenvalue weighted by molar-refractivity contribution is 0.0999. The van der Waals surface area contributed by atoms with Gasteiger partial charge in [0.1, 0.15) is 0 Å². The molecule has 2 heteroatoms. The van der Waals surface area contributed by atoms with Crippen molar-refractivity contribution in [3.05, 3.63) is 59.7 Å². The van der Waals surface area contributed by atoms with Gasteiger partial charge in [-0.3, -0.25) is 4.79 Å². The number of nitrogens with two attached hydrogens (primary N) is 1. The number of hydrogen-bond donors (Lipinski definition) is 1. The van der Waals surface area contributed by atoms with Gasteiger partial charge in [-0.25, -0.2) is 0 Å². The molecule has 3 rings (SSSR count). The lowest BCUT2D eigenvalue weighted by atomic mass is 9.85. The summed E-state index contributed by atoms with van der Waals surface area (Å²) in [6, 6.07) is 16.2. The van der Waals surface area contributed by atoms with E-state index in [1.54, 1.807) is 0 Å². The quantitative estimate of drug-likeness (QED) is 0.891. The molecule has 0 unspecified atom stereocenters. The average molecular weight is 265 g/mol. The van der Waals surface area contributed by atoms with E-state index in [1.165, 1.54) is 12.8 Å². The Balaban J connectivity index is 2.18. The number of rotatable bonds is 3. The second-order valence-corrected chi connectivity index (χ2v) is 5.48. The van der Waals surface area contributed by atoms with Crippen LogP contribution in [0.25, 0.3) is 11.1 Å². The first-order valence-electron chi connectivity index (χ1n) is 7.25. The minimum Gasteiger partial charge on any atom is -0.366 e. The largest absolute Gasteiger partial charge is 0.366 e. The Morgan fingerprint density at radius 2 is 1.65 bits per heavy atom. The van der Waals surface area contributed by atoms with E-state index in [4.69, 9.17) is 5.73 Å².